The number of hydrogen-bond acceptors (Lipinski definition) is 1. The van der Waals surface area contributed by atoms with Crippen molar-refractivity contribution in [1.29, 1.82) is 0 Å². The smallest absolute Gasteiger partial charge is 0.126 e. The van der Waals surface area contributed by atoms with Crippen LogP contribution in [0.4, 0.5) is 8.78 Å². The molecule has 3 heteroatoms. The molecule has 110 valence electrons. The van der Waals surface area contributed by atoms with Gasteiger partial charge in [0.25, 0.3) is 0 Å². The minimum absolute atomic E-state index is 0.128. The van der Waals surface area contributed by atoms with Crippen LogP contribution in [0.1, 0.15) is 29.9 Å². The molecule has 1 aliphatic rings. The zero-order valence-electron chi connectivity index (χ0n) is 11.9. The Balaban J connectivity index is 1.41. The van der Waals surface area contributed by atoms with Crippen molar-refractivity contribution in [2.75, 3.05) is 6.54 Å². The van der Waals surface area contributed by atoms with Gasteiger partial charge in [-0.1, -0.05) is 30.3 Å². The molecular weight excluding hydrogens is 268 g/mol. The lowest BCUT2D eigenvalue weighted by molar-refractivity contribution is 0.292. The molecular formula is C18H19F2N. The van der Waals surface area contributed by atoms with Gasteiger partial charge in [-0.3, -0.25) is 0 Å². The summed E-state index contributed by atoms with van der Waals surface area (Å²) in [7, 11) is 0. The van der Waals surface area contributed by atoms with Gasteiger partial charge in [0.1, 0.15) is 11.6 Å². The highest BCUT2D eigenvalue weighted by Crippen LogP contribution is 2.36. The molecule has 3 rings (SSSR count). The van der Waals surface area contributed by atoms with Gasteiger partial charge in [0.2, 0.25) is 0 Å². The SMILES string of the molecule is Fc1ccc(C2CC(NCCc3ccccc3F)C2)cc1. The van der Waals surface area contributed by atoms with Crippen LogP contribution in [-0.2, 0) is 6.42 Å². The van der Waals surface area contributed by atoms with Crippen molar-refractivity contribution in [3.63, 3.8) is 0 Å². The van der Waals surface area contributed by atoms with Crippen LogP contribution in [0.25, 0.3) is 0 Å². The highest BCUT2D eigenvalue weighted by atomic mass is 19.1. The van der Waals surface area contributed by atoms with Crippen LogP contribution in [0, 0.1) is 11.6 Å². The maximum absolute atomic E-state index is 13.5. The molecule has 0 aliphatic heterocycles. The molecule has 0 saturated heterocycles. The van der Waals surface area contributed by atoms with Crippen LogP contribution < -0.4 is 5.32 Å². The van der Waals surface area contributed by atoms with E-state index in [9.17, 15) is 8.78 Å². The Morgan fingerprint density at radius 3 is 2.38 bits per heavy atom. The van der Waals surface area contributed by atoms with Crippen molar-refractivity contribution in [2.24, 2.45) is 0 Å². The van der Waals surface area contributed by atoms with Gasteiger partial charge in [-0.15, -0.1) is 0 Å². The normalized spacial score (nSPS) is 21.0. The molecule has 1 saturated carbocycles. The van der Waals surface area contributed by atoms with Crippen LogP contribution in [-0.4, -0.2) is 12.6 Å². The first-order valence-corrected chi connectivity index (χ1v) is 7.44. The first-order chi connectivity index (χ1) is 10.2. The monoisotopic (exact) mass is 287 g/mol. The van der Waals surface area contributed by atoms with Crippen LogP contribution in [0.5, 0.6) is 0 Å². The molecule has 21 heavy (non-hydrogen) atoms. The molecule has 0 radical (unpaired) electrons. The average Bonchev–Trinajstić information content (AvgIpc) is 2.45. The van der Waals surface area contributed by atoms with Gasteiger partial charge in [-0.25, -0.2) is 8.78 Å². The van der Waals surface area contributed by atoms with Crippen molar-refractivity contribution in [3.05, 3.63) is 71.3 Å². The summed E-state index contributed by atoms with van der Waals surface area (Å²) in [6.07, 6.45) is 2.86. The maximum atomic E-state index is 13.5. The fourth-order valence-electron chi connectivity index (χ4n) is 2.90. The summed E-state index contributed by atoms with van der Waals surface area (Å²) in [6.45, 7) is 0.793. The number of hydrogen-bond donors (Lipinski definition) is 1. The average molecular weight is 287 g/mol. The van der Waals surface area contributed by atoms with E-state index in [1.807, 2.05) is 24.3 Å². The van der Waals surface area contributed by atoms with E-state index in [0.29, 0.717) is 18.4 Å². The third-order valence-electron chi connectivity index (χ3n) is 4.26. The molecule has 0 bridgehead atoms. The molecule has 0 spiro atoms. The summed E-state index contributed by atoms with van der Waals surface area (Å²) in [5.41, 5.74) is 1.97. The number of benzene rings is 2. The molecule has 1 nitrogen and oxygen atoms in total. The number of nitrogens with one attached hydrogen (secondary N) is 1. The van der Waals surface area contributed by atoms with E-state index < -0.39 is 0 Å². The quantitative estimate of drug-likeness (QED) is 0.875. The van der Waals surface area contributed by atoms with Crippen LogP contribution in [0.2, 0.25) is 0 Å². The van der Waals surface area contributed by atoms with Crippen molar-refractivity contribution in [3.8, 4) is 0 Å². The predicted molar refractivity (Wildman–Crippen MR) is 80.3 cm³/mol. The molecule has 1 fully saturated rings. The minimum atomic E-state index is -0.183. The predicted octanol–water partition coefficient (Wildman–Crippen LogP) is 4.04. The first-order valence-electron chi connectivity index (χ1n) is 7.44. The second-order valence-corrected chi connectivity index (χ2v) is 5.71. The van der Waals surface area contributed by atoms with Gasteiger partial charge in [-0.2, -0.15) is 0 Å². The molecule has 0 heterocycles. The van der Waals surface area contributed by atoms with Crippen LogP contribution >= 0.6 is 0 Å². The lowest BCUT2D eigenvalue weighted by Gasteiger charge is -2.36. The van der Waals surface area contributed by atoms with E-state index in [1.165, 1.54) is 23.8 Å². The zero-order chi connectivity index (χ0) is 14.7. The van der Waals surface area contributed by atoms with Gasteiger partial charge in [0, 0.05) is 6.04 Å². The van der Waals surface area contributed by atoms with Crippen LogP contribution in [0.15, 0.2) is 48.5 Å². The number of halogens is 2. The van der Waals surface area contributed by atoms with Gasteiger partial charge in [0.05, 0.1) is 0 Å². The Kier molecular flexibility index (Phi) is 4.30. The maximum Gasteiger partial charge on any atom is 0.126 e. The van der Waals surface area contributed by atoms with E-state index in [2.05, 4.69) is 5.32 Å². The van der Waals surface area contributed by atoms with E-state index in [-0.39, 0.29) is 11.6 Å². The second kappa shape index (κ2) is 6.35. The molecule has 0 atom stereocenters. The molecule has 0 unspecified atom stereocenters. The van der Waals surface area contributed by atoms with Gasteiger partial charge in [0.15, 0.2) is 0 Å². The molecule has 1 N–H and O–H groups in total. The number of rotatable bonds is 5. The summed E-state index contributed by atoms with van der Waals surface area (Å²) >= 11 is 0. The van der Waals surface area contributed by atoms with E-state index in [4.69, 9.17) is 0 Å². The largest absolute Gasteiger partial charge is 0.314 e. The first kappa shape index (κ1) is 14.2. The van der Waals surface area contributed by atoms with Crippen molar-refractivity contribution in [2.45, 2.75) is 31.2 Å². The fourth-order valence-corrected chi connectivity index (χ4v) is 2.90. The van der Waals surface area contributed by atoms with E-state index >= 15 is 0 Å². The molecule has 1 aliphatic carbocycles. The molecule has 2 aromatic rings. The van der Waals surface area contributed by atoms with Crippen molar-refractivity contribution >= 4 is 0 Å². The molecule has 0 aromatic heterocycles. The fraction of sp³-hybridized carbons (Fsp3) is 0.333. The Morgan fingerprint density at radius 1 is 0.952 bits per heavy atom. The Morgan fingerprint density at radius 2 is 1.67 bits per heavy atom. The third-order valence-corrected chi connectivity index (χ3v) is 4.26. The second-order valence-electron chi connectivity index (χ2n) is 5.71. The summed E-state index contributed by atoms with van der Waals surface area (Å²) in [5, 5.41) is 3.47. The summed E-state index contributed by atoms with van der Waals surface area (Å²) in [6, 6.07) is 14.2. The van der Waals surface area contributed by atoms with Crippen molar-refractivity contribution in [1.82, 2.24) is 5.32 Å². The third kappa shape index (κ3) is 3.48. The minimum Gasteiger partial charge on any atom is -0.314 e. The molecule has 0 amide bonds. The lowest BCUT2D eigenvalue weighted by Crippen LogP contribution is -2.41. The highest BCUT2D eigenvalue weighted by Gasteiger charge is 2.29. The standard InChI is InChI=1S/C18H19F2N/c19-16-7-5-13(6-8-16)15-11-17(12-15)21-10-9-14-3-1-2-4-18(14)20/h1-8,15,17,21H,9-12H2. The summed E-state index contributed by atoms with van der Waals surface area (Å²) in [5.74, 6) is 0.214. The lowest BCUT2D eigenvalue weighted by atomic mass is 9.76. The van der Waals surface area contributed by atoms with E-state index in [1.54, 1.807) is 6.07 Å². The summed E-state index contributed by atoms with van der Waals surface area (Å²) in [4.78, 5) is 0. The van der Waals surface area contributed by atoms with Crippen LogP contribution in [0.3, 0.4) is 0 Å². The zero-order valence-corrected chi connectivity index (χ0v) is 11.9. The molecule has 2 aromatic carbocycles. The Hall–Kier alpha value is -1.74. The summed E-state index contributed by atoms with van der Waals surface area (Å²) < 4.78 is 26.3. The Labute approximate surface area is 124 Å². The van der Waals surface area contributed by atoms with Crippen molar-refractivity contribution < 1.29 is 8.78 Å². The van der Waals surface area contributed by atoms with E-state index in [0.717, 1.165) is 24.9 Å². The van der Waals surface area contributed by atoms with Gasteiger partial charge < -0.3 is 5.32 Å². The van der Waals surface area contributed by atoms with Gasteiger partial charge in [-0.05, 0) is 61.1 Å². The highest BCUT2D eigenvalue weighted by molar-refractivity contribution is 5.23. The topological polar surface area (TPSA) is 12.0 Å². The van der Waals surface area contributed by atoms with Gasteiger partial charge >= 0.3 is 0 Å². The Bertz CT molecular complexity index is 588.